The fourth-order valence-corrected chi connectivity index (χ4v) is 2.21. The van der Waals surface area contributed by atoms with Crippen LogP contribution < -0.4 is 5.32 Å². The van der Waals surface area contributed by atoms with Crippen LogP contribution in [0.15, 0.2) is 0 Å². The third kappa shape index (κ3) is 3.53. The van der Waals surface area contributed by atoms with Crippen LogP contribution in [-0.4, -0.2) is 30.0 Å². The fourth-order valence-electron chi connectivity index (χ4n) is 1.59. The number of rotatable bonds is 3. The third-order valence-electron chi connectivity index (χ3n) is 2.55. The molecule has 0 amide bonds. The highest BCUT2D eigenvalue weighted by atomic mass is 32.1. The average Bonchev–Trinajstić information content (AvgIpc) is 2.76. The predicted octanol–water partition coefficient (Wildman–Crippen LogP) is 2.40. The maximum Gasteiger partial charge on any atom is 0.445 e. The quantitative estimate of drug-likeness (QED) is 0.913. The number of anilines is 1. The zero-order valence-electron chi connectivity index (χ0n) is 8.96. The highest BCUT2D eigenvalue weighted by molar-refractivity contribution is 7.15. The van der Waals surface area contributed by atoms with Gasteiger partial charge in [0, 0.05) is 19.8 Å². The summed E-state index contributed by atoms with van der Waals surface area (Å²) in [6, 6.07) is 0. The van der Waals surface area contributed by atoms with Gasteiger partial charge in [0.25, 0.3) is 0 Å². The Labute approximate surface area is 100 Å². The minimum Gasteiger partial charge on any atom is -0.381 e. The summed E-state index contributed by atoms with van der Waals surface area (Å²) in [5, 5.41) is 8.79. The summed E-state index contributed by atoms with van der Waals surface area (Å²) in [4.78, 5) is 0. The molecule has 1 aliphatic heterocycles. The van der Waals surface area contributed by atoms with E-state index in [1.165, 1.54) is 0 Å². The molecule has 2 heterocycles. The van der Waals surface area contributed by atoms with E-state index in [-0.39, 0.29) is 5.13 Å². The molecule has 0 spiro atoms. The Morgan fingerprint density at radius 1 is 1.29 bits per heavy atom. The molecule has 96 valence electrons. The van der Waals surface area contributed by atoms with E-state index in [9.17, 15) is 13.2 Å². The first-order valence-electron chi connectivity index (χ1n) is 5.28. The Morgan fingerprint density at radius 3 is 2.59 bits per heavy atom. The Kier molecular flexibility index (Phi) is 3.82. The first kappa shape index (κ1) is 12.6. The number of halogens is 3. The van der Waals surface area contributed by atoms with Gasteiger partial charge >= 0.3 is 6.18 Å². The molecule has 0 aliphatic carbocycles. The van der Waals surface area contributed by atoms with Crippen LogP contribution in [0, 0.1) is 5.92 Å². The zero-order valence-corrected chi connectivity index (χ0v) is 9.77. The van der Waals surface area contributed by atoms with Crippen molar-refractivity contribution >= 4 is 16.5 Å². The van der Waals surface area contributed by atoms with Crippen LogP contribution >= 0.6 is 11.3 Å². The van der Waals surface area contributed by atoms with Gasteiger partial charge in [-0.25, -0.2) is 0 Å². The van der Waals surface area contributed by atoms with Crippen molar-refractivity contribution in [1.29, 1.82) is 0 Å². The molecule has 1 aliphatic rings. The molecule has 1 saturated heterocycles. The van der Waals surface area contributed by atoms with Crippen molar-refractivity contribution in [3.63, 3.8) is 0 Å². The van der Waals surface area contributed by atoms with Crippen LogP contribution in [0.25, 0.3) is 0 Å². The van der Waals surface area contributed by atoms with Gasteiger partial charge in [0.1, 0.15) is 0 Å². The predicted molar refractivity (Wildman–Crippen MR) is 56.9 cm³/mol. The molecule has 0 bridgehead atoms. The molecular formula is C9H12F3N3OS. The summed E-state index contributed by atoms with van der Waals surface area (Å²) in [5.74, 6) is 0.432. The summed E-state index contributed by atoms with van der Waals surface area (Å²) < 4.78 is 42.0. The van der Waals surface area contributed by atoms with Gasteiger partial charge in [0.05, 0.1) is 0 Å². The number of hydrogen-bond donors (Lipinski definition) is 1. The number of aromatic nitrogens is 2. The second kappa shape index (κ2) is 5.18. The van der Waals surface area contributed by atoms with E-state index in [0.29, 0.717) is 23.8 Å². The lowest BCUT2D eigenvalue weighted by molar-refractivity contribution is -0.138. The van der Waals surface area contributed by atoms with Crippen LogP contribution in [0.3, 0.4) is 0 Å². The maximum absolute atomic E-state index is 12.3. The first-order valence-corrected chi connectivity index (χ1v) is 6.09. The topological polar surface area (TPSA) is 47.0 Å². The number of hydrogen-bond acceptors (Lipinski definition) is 5. The van der Waals surface area contributed by atoms with Crippen LogP contribution in [0.4, 0.5) is 18.3 Å². The molecule has 2 rings (SSSR count). The van der Waals surface area contributed by atoms with Gasteiger partial charge in [0.15, 0.2) is 0 Å². The SMILES string of the molecule is FC(F)(F)c1nnc(NCC2CCOCC2)s1. The highest BCUT2D eigenvalue weighted by Crippen LogP contribution is 2.33. The molecule has 0 radical (unpaired) electrons. The highest BCUT2D eigenvalue weighted by Gasteiger charge is 2.35. The van der Waals surface area contributed by atoms with E-state index < -0.39 is 11.2 Å². The Morgan fingerprint density at radius 2 is 2.00 bits per heavy atom. The normalized spacial score (nSPS) is 18.3. The monoisotopic (exact) mass is 267 g/mol. The van der Waals surface area contributed by atoms with Gasteiger partial charge in [-0.3, -0.25) is 0 Å². The molecule has 0 aromatic carbocycles. The van der Waals surface area contributed by atoms with Crippen molar-refractivity contribution in [3.8, 4) is 0 Å². The zero-order chi connectivity index (χ0) is 12.3. The average molecular weight is 267 g/mol. The Bertz CT molecular complexity index is 363. The lowest BCUT2D eigenvalue weighted by Gasteiger charge is -2.21. The largest absolute Gasteiger partial charge is 0.445 e. The molecule has 0 saturated carbocycles. The number of ether oxygens (including phenoxy) is 1. The number of alkyl halides is 3. The van der Waals surface area contributed by atoms with Crippen LogP contribution in [0.1, 0.15) is 17.8 Å². The molecule has 1 fully saturated rings. The summed E-state index contributed by atoms with van der Waals surface area (Å²) in [6.45, 7) is 2.06. The second-order valence-electron chi connectivity index (χ2n) is 3.85. The van der Waals surface area contributed by atoms with Crippen molar-refractivity contribution < 1.29 is 17.9 Å². The van der Waals surface area contributed by atoms with E-state index in [1.807, 2.05) is 0 Å². The lowest BCUT2D eigenvalue weighted by Crippen LogP contribution is -2.22. The molecule has 0 atom stereocenters. The van der Waals surface area contributed by atoms with Crippen molar-refractivity contribution in [2.75, 3.05) is 25.1 Å². The maximum atomic E-state index is 12.3. The van der Waals surface area contributed by atoms with E-state index in [4.69, 9.17) is 4.74 Å². The van der Waals surface area contributed by atoms with E-state index in [1.54, 1.807) is 0 Å². The lowest BCUT2D eigenvalue weighted by atomic mass is 10.0. The van der Waals surface area contributed by atoms with Gasteiger partial charge in [-0.1, -0.05) is 11.3 Å². The van der Waals surface area contributed by atoms with Gasteiger partial charge in [-0.15, -0.1) is 10.2 Å². The summed E-state index contributed by atoms with van der Waals surface area (Å²) in [6.07, 6.45) is -2.55. The fraction of sp³-hybridized carbons (Fsp3) is 0.778. The summed E-state index contributed by atoms with van der Waals surface area (Å²) in [5.41, 5.74) is 0. The molecular weight excluding hydrogens is 255 g/mol. The van der Waals surface area contributed by atoms with Gasteiger partial charge in [-0.2, -0.15) is 13.2 Å². The first-order chi connectivity index (χ1) is 8.05. The third-order valence-corrected chi connectivity index (χ3v) is 3.48. The second-order valence-corrected chi connectivity index (χ2v) is 4.82. The summed E-state index contributed by atoms with van der Waals surface area (Å²) in [7, 11) is 0. The van der Waals surface area contributed by atoms with Gasteiger partial charge < -0.3 is 10.1 Å². The van der Waals surface area contributed by atoms with Crippen molar-refractivity contribution in [3.05, 3.63) is 5.01 Å². The van der Waals surface area contributed by atoms with Gasteiger partial charge in [0.2, 0.25) is 10.1 Å². The van der Waals surface area contributed by atoms with Crippen LogP contribution in [-0.2, 0) is 10.9 Å². The van der Waals surface area contributed by atoms with E-state index in [2.05, 4.69) is 15.5 Å². The van der Waals surface area contributed by atoms with Crippen LogP contribution in [0.5, 0.6) is 0 Å². The van der Waals surface area contributed by atoms with E-state index >= 15 is 0 Å². The number of nitrogens with one attached hydrogen (secondary N) is 1. The van der Waals surface area contributed by atoms with E-state index in [0.717, 1.165) is 26.1 Å². The molecule has 1 aromatic heterocycles. The van der Waals surface area contributed by atoms with Crippen molar-refractivity contribution in [2.45, 2.75) is 19.0 Å². The number of nitrogens with zero attached hydrogens (tertiary/aromatic N) is 2. The molecule has 1 N–H and O–H groups in total. The Balaban J connectivity index is 1.84. The minimum atomic E-state index is -4.41. The van der Waals surface area contributed by atoms with Crippen molar-refractivity contribution in [1.82, 2.24) is 10.2 Å². The minimum absolute atomic E-state index is 0.226. The molecule has 1 aromatic rings. The van der Waals surface area contributed by atoms with Gasteiger partial charge in [-0.05, 0) is 18.8 Å². The molecule has 8 heteroatoms. The Hall–Kier alpha value is -0.890. The van der Waals surface area contributed by atoms with Crippen molar-refractivity contribution in [2.24, 2.45) is 5.92 Å². The molecule has 4 nitrogen and oxygen atoms in total. The molecule has 0 unspecified atom stereocenters. The summed E-state index contributed by atoms with van der Waals surface area (Å²) >= 11 is 0.539. The van der Waals surface area contributed by atoms with Crippen LogP contribution in [0.2, 0.25) is 0 Å². The molecule has 17 heavy (non-hydrogen) atoms. The standard InChI is InChI=1S/C9H12F3N3OS/c10-9(11,12)7-14-15-8(17-7)13-5-6-1-3-16-4-2-6/h6H,1-5H2,(H,13,15). The smallest absolute Gasteiger partial charge is 0.381 e.